The molecule has 1 N–H and O–H groups in total. The van der Waals surface area contributed by atoms with Crippen molar-refractivity contribution in [2.45, 2.75) is 19.4 Å². The highest BCUT2D eigenvalue weighted by Crippen LogP contribution is 2.25. The summed E-state index contributed by atoms with van der Waals surface area (Å²) in [6.45, 7) is 2.29. The topological polar surface area (TPSA) is 79.4 Å². The van der Waals surface area contributed by atoms with Gasteiger partial charge in [0, 0.05) is 18.8 Å². The van der Waals surface area contributed by atoms with Crippen LogP contribution in [0.3, 0.4) is 0 Å². The minimum absolute atomic E-state index is 0.0254. The standard InChI is InChI=1S/C18H20ClN3O3S/c1-2-22(15-7-8-26(24,25)12-15)18(23)13-9-14(11-20-10-13)21-17-6-4-3-5-16(17)19/h3-6,9-11,15,21H,2,7-8,12H2,1H3. The summed E-state index contributed by atoms with van der Waals surface area (Å²) in [6.07, 6.45) is 3.58. The third-order valence-electron chi connectivity index (χ3n) is 4.39. The van der Waals surface area contributed by atoms with Gasteiger partial charge in [-0.2, -0.15) is 0 Å². The molecule has 1 atom stereocenters. The molecule has 8 heteroatoms. The zero-order valence-electron chi connectivity index (χ0n) is 14.4. The van der Waals surface area contributed by atoms with E-state index >= 15 is 0 Å². The third kappa shape index (κ3) is 4.16. The molecule has 1 saturated heterocycles. The molecule has 2 aromatic rings. The number of anilines is 2. The van der Waals surface area contributed by atoms with Crippen molar-refractivity contribution < 1.29 is 13.2 Å². The molecule has 1 aromatic heterocycles. The first-order chi connectivity index (χ1) is 12.4. The van der Waals surface area contributed by atoms with E-state index in [0.29, 0.717) is 29.2 Å². The summed E-state index contributed by atoms with van der Waals surface area (Å²) in [5, 5.41) is 3.71. The maximum absolute atomic E-state index is 12.9. The highest BCUT2D eigenvalue weighted by Gasteiger charge is 2.34. The minimum Gasteiger partial charge on any atom is -0.353 e. The average Bonchev–Trinajstić information content (AvgIpc) is 2.97. The van der Waals surface area contributed by atoms with E-state index < -0.39 is 9.84 Å². The van der Waals surface area contributed by atoms with Crippen molar-refractivity contribution in [3.05, 3.63) is 53.3 Å². The number of sulfone groups is 1. The van der Waals surface area contributed by atoms with E-state index in [1.165, 1.54) is 6.20 Å². The molecule has 0 aliphatic carbocycles. The molecule has 6 nitrogen and oxygen atoms in total. The van der Waals surface area contributed by atoms with Gasteiger partial charge in [-0.25, -0.2) is 8.42 Å². The third-order valence-corrected chi connectivity index (χ3v) is 6.47. The number of benzene rings is 1. The number of pyridine rings is 1. The van der Waals surface area contributed by atoms with Crippen LogP contribution in [0.2, 0.25) is 5.02 Å². The number of hydrogen-bond donors (Lipinski definition) is 1. The van der Waals surface area contributed by atoms with Gasteiger partial charge in [0.15, 0.2) is 9.84 Å². The van der Waals surface area contributed by atoms with Gasteiger partial charge in [-0.1, -0.05) is 23.7 Å². The van der Waals surface area contributed by atoms with Crippen LogP contribution in [0.15, 0.2) is 42.7 Å². The fourth-order valence-corrected chi connectivity index (χ4v) is 5.01. The van der Waals surface area contributed by atoms with E-state index in [4.69, 9.17) is 11.6 Å². The molecule has 138 valence electrons. The normalized spacial score (nSPS) is 18.5. The lowest BCUT2D eigenvalue weighted by molar-refractivity contribution is 0.0708. The second kappa shape index (κ2) is 7.63. The number of carbonyl (C=O) groups excluding carboxylic acids is 1. The number of amides is 1. The van der Waals surface area contributed by atoms with Gasteiger partial charge in [0.1, 0.15) is 0 Å². The molecular weight excluding hydrogens is 374 g/mol. The lowest BCUT2D eigenvalue weighted by Gasteiger charge is -2.27. The van der Waals surface area contributed by atoms with E-state index in [9.17, 15) is 13.2 Å². The van der Waals surface area contributed by atoms with Gasteiger partial charge in [-0.3, -0.25) is 9.78 Å². The summed E-state index contributed by atoms with van der Waals surface area (Å²) >= 11 is 6.15. The second-order valence-electron chi connectivity index (χ2n) is 6.22. The maximum atomic E-state index is 12.9. The molecule has 1 amide bonds. The molecular formula is C18H20ClN3O3S. The Labute approximate surface area is 158 Å². The molecule has 1 fully saturated rings. The molecule has 3 rings (SSSR count). The number of nitrogens with one attached hydrogen (secondary N) is 1. The summed E-state index contributed by atoms with van der Waals surface area (Å²) in [5.41, 5.74) is 1.77. The largest absolute Gasteiger partial charge is 0.353 e. The Hall–Kier alpha value is -2.12. The van der Waals surface area contributed by atoms with Gasteiger partial charge < -0.3 is 10.2 Å². The summed E-state index contributed by atoms with van der Waals surface area (Å²) in [5.74, 6) is -0.0596. The fourth-order valence-electron chi connectivity index (χ4n) is 3.10. The van der Waals surface area contributed by atoms with E-state index in [0.717, 1.165) is 5.69 Å². The number of aromatic nitrogens is 1. The number of hydrogen-bond acceptors (Lipinski definition) is 5. The van der Waals surface area contributed by atoms with Crippen LogP contribution in [-0.4, -0.2) is 48.3 Å². The quantitative estimate of drug-likeness (QED) is 0.844. The van der Waals surface area contributed by atoms with E-state index in [1.807, 2.05) is 25.1 Å². The Balaban J connectivity index is 1.80. The van der Waals surface area contributed by atoms with Gasteiger partial charge in [-0.05, 0) is 31.5 Å². The van der Waals surface area contributed by atoms with E-state index in [-0.39, 0.29) is 23.5 Å². The average molecular weight is 394 g/mol. The van der Waals surface area contributed by atoms with Crippen LogP contribution in [0.25, 0.3) is 0 Å². The predicted octanol–water partition coefficient (Wildman–Crippen LogP) is 3.13. The first-order valence-corrected chi connectivity index (χ1v) is 10.6. The Bertz CT molecular complexity index is 917. The number of halogens is 1. The Morgan fingerprint density at radius 1 is 1.35 bits per heavy atom. The summed E-state index contributed by atoms with van der Waals surface area (Å²) in [6, 6.07) is 8.71. The van der Waals surface area contributed by atoms with Crippen LogP contribution in [0.5, 0.6) is 0 Å². The number of rotatable bonds is 5. The van der Waals surface area contributed by atoms with Crippen molar-refractivity contribution in [3.63, 3.8) is 0 Å². The molecule has 2 heterocycles. The van der Waals surface area contributed by atoms with Gasteiger partial charge >= 0.3 is 0 Å². The lowest BCUT2D eigenvalue weighted by atomic mass is 10.1. The molecule has 1 aliphatic rings. The van der Waals surface area contributed by atoms with Gasteiger partial charge in [0.05, 0.1) is 39.7 Å². The highest BCUT2D eigenvalue weighted by molar-refractivity contribution is 7.91. The van der Waals surface area contributed by atoms with Crippen molar-refractivity contribution in [1.82, 2.24) is 9.88 Å². The fraction of sp³-hybridized carbons (Fsp3) is 0.333. The van der Waals surface area contributed by atoms with Crippen LogP contribution in [0.1, 0.15) is 23.7 Å². The first kappa shape index (κ1) is 18.7. The van der Waals surface area contributed by atoms with Crippen molar-refractivity contribution in [2.24, 2.45) is 0 Å². The molecule has 1 aromatic carbocycles. The Kier molecular flexibility index (Phi) is 5.48. The molecule has 1 aliphatic heterocycles. The van der Waals surface area contributed by atoms with Crippen LogP contribution in [0, 0.1) is 0 Å². The summed E-state index contributed by atoms with van der Waals surface area (Å²) < 4.78 is 23.5. The molecule has 26 heavy (non-hydrogen) atoms. The number of para-hydroxylation sites is 1. The van der Waals surface area contributed by atoms with Gasteiger partial charge in [0.2, 0.25) is 0 Å². The van der Waals surface area contributed by atoms with E-state index in [1.54, 1.807) is 23.2 Å². The lowest BCUT2D eigenvalue weighted by Crippen LogP contribution is -2.41. The van der Waals surface area contributed by atoms with Crippen molar-refractivity contribution in [2.75, 3.05) is 23.4 Å². The van der Waals surface area contributed by atoms with Crippen molar-refractivity contribution >= 4 is 38.7 Å². The van der Waals surface area contributed by atoms with Crippen LogP contribution >= 0.6 is 11.6 Å². The predicted molar refractivity (Wildman–Crippen MR) is 103 cm³/mol. The smallest absolute Gasteiger partial charge is 0.255 e. The Morgan fingerprint density at radius 2 is 2.12 bits per heavy atom. The zero-order valence-corrected chi connectivity index (χ0v) is 15.9. The minimum atomic E-state index is -3.06. The van der Waals surface area contributed by atoms with Crippen LogP contribution in [0.4, 0.5) is 11.4 Å². The molecule has 0 spiro atoms. The van der Waals surface area contributed by atoms with Crippen molar-refractivity contribution in [1.29, 1.82) is 0 Å². The number of nitrogens with zero attached hydrogens (tertiary/aromatic N) is 2. The molecule has 0 radical (unpaired) electrons. The molecule has 1 unspecified atom stereocenters. The highest BCUT2D eigenvalue weighted by atomic mass is 35.5. The van der Waals surface area contributed by atoms with Gasteiger partial charge in [0.25, 0.3) is 5.91 Å². The SMILES string of the molecule is CCN(C(=O)c1cncc(Nc2ccccc2Cl)c1)C1CCS(=O)(=O)C1. The van der Waals surface area contributed by atoms with Gasteiger partial charge in [-0.15, -0.1) is 0 Å². The maximum Gasteiger partial charge on any atom is 0.255 e. The molecule has 0 saturated carbocycles. The first-order valence-electron chi connectivity index (χ1n) is 8.37. The summed E-state index contributed by atoms with van der Waals surface area (Å²) in [4.78, 5) is 18.6. The van der Waals surface area contributed by atoms with Crippen LogP contribution < -0.4 is 5.32 Å². The van der Waals surface area contributed by atoms with Crippen LogP contribution in [-0.2, 0) is 9.84 Å². The Morgan fingerprint density at radius 3 is 2.77 bits per heavy atom. The zero-order chi connectivity index (χ0) is 18.7. The molecule has 0 bridgehead atoms. The monoisotopic (exact) mass is 393 g/mol. The summed E-state index contributed by atoms with van der Waals surface area (Å²) in [7, 11) is -3.06. The van der Waals surface area contributed by atoms with Crippen molar-refractivity contribution in [3.8, 4) is 0 Å². The number of carbonyl (C=O) groups is 1. The second-order valence-corrected chi connectivity index (χ2v) is 8.85. The van der Waals surface area contributed by atoms with E-state index in [2.05, 4.69) is 10.3 Å².